The second-order valence-corrected chi connectivity index (χ2v) is 5.16. The van der Waals surface area contributed by atoms with E-state index in [0.29, 0.717) is 23.8 Å². The Kier molecular flexibility index (Phi) is 3.68. The quantitative estimate of drug-likeness (QED) is 0.765. The van der Waals surface area contributed by atoms with E-state index < -0.39 is 0 Å². The van der Waals surface area contributed by atoms with Crippen molar-refractivity contribution >= 4 is 5.91 Å². The Labute approximate surface area is 117 Å². The highest BCUT2D eigenvalue weighted by atomic mass is 16.5. The minimum Gasteiger partial charge on any atom is -0.373 e. The Hall–Kier alpha value is -1.90. The molecule has 2 saturated heterocycles. The van der Waals surface area contributed by atoms with Crippen molar-refractivity contribution in [2.24, 2.45) is 5.73 Å². The van der Waals surface area contributed by atoms with Gasteiger partial charge in [-0.25, -0.2) is 0 Å². The van der Waals surface area contributed by atoms with Gasteiger partial charge in [0.25, 0.3) is 5.91 Å². The number of nitrogens with one attached hydrogen (secondary N) is 1. The first-order valence-electron chi connectivity index (χ1n) is 6.86. The van der Waals surface area contributed by atoms with Crippen molar-refractivity contribution in [2.45, 2.75) is 37.5 Å². The van der Waals surface area contributed by atoms with Gasteiger partial charge in [-0.2, -0.15) is 0 Å². The van der Waals surface area contributed by atoms with E-state index in [9.17, 15) is 4.79 Å². The maximum atomic E-state index is 12.2. The Bertz CT molecular complexity index is 576. The van der Waals surface area contributed by atoms with Crippen LogP contribution < -0.4 is 11.1 Å². The topological polar surface area (TPSA) is 77.2 Å². The van der Waals surface area contributed by atoms with Crippen LogP contribution in [0.2, 0.25) is 0 Å². The average Bonchev–Trinajstić information content (AvgIpc) is 3.08. The smallest absolute Gasteiger partial charge is 0.253 e. The molecule has 2 bridgehead atoms. The monoisotopic (exact) mass is 271 g/mol. The van der Waals surface area contributed by atoms with Crippen LogP contribution in [-0.2, 0) is 4.74 Å². The van der Waals surface area contributed by atoms with Crippen molar-refractivity contribution in [3.8, 4) is 11.8 Å². The van der Waals surface area contributed by atoms with E-state index in [-0.39, 0.29) is 18.1 Å². The van der Waals surface area contributed by atoms with Gasteiger partial charge in [-0.1, -0.05) is 11.8 Å². The van der Waals surface area contributed by atoms with Gasteiger partial charge >= 0.3 is 0 Å². The second-order valence-electron chi connectivity index (χ2n) is 5.16. The summed E-state index contributed by atoms with van der Waals surface area (Å²) < 4.78 is 5.73. The molecule has 3 rings (SSSR count). The number of pyridine rings is 1. The second kappa shape index (κ2) is 5.61. The van der Waals surface area contributed by atoms with E-state index in [1.54, 1.807) is 18.5 Å². The number of amides is 1. The van der Waals surface area contributed by atoms with E-state index in [1.165, 1.54) is 0 Å². The van der Waals surface area contributed by atoms with Gasteiger partial charge in [0.15, 0.2) is 0 Å². The van der Waals surface area contributed by atoms with Gasteiger partial charge in [0.1, 0.15) is 0 Å². The zero-order chi connectivity index (χ0) is 13.9. The van der Waals surface area contributed by atoms with Crippen LogP contribution in [0.25, 0.3) is 0 Å². The summed E-state index contributed by atoms with van der Waals surface area (Å²) in [5.74, 6) is 5.51. The van der Waals surface area contributed by atoms with Crippen molar-refractivity contribution in [1.82, 2.24) is 10.3 Å². The van der Waals surface area contributed by atoms with Crippen LogP contribution in [0.4, 0.5) is 0 Å². The predicted octanol–water partition coefficient (Wildman–Crippen LogP) is 0.441. The molecular weight excluding hydrogens is 254 g/mol. The molecule has 5 heteroatoms. The van der Waals surface area contributed by atoms with Crippen LogP contribution in [-0.4, -0.2) is 35.7 Å². The molecule has 2 aliphatic heterocycles. The van der Waals surface area contributed by atoms with E-state index >= 15 is 0 Å². The van der Waals surface area contributed by atoms with Gasteiger partial charge in [0.05, 0.1) is 30.4 Å². The molecule has 3 atom stereocenters. The number of nitrogens with zero attached hydrogens (tertiary/aromatic N) is 1. The summed E-state index contributed by atoms with van der Waals surface area (Å²) in [6.45, 7) is 0.291. The molecule has 1 aromatic rings. The molecule has 2 aliphatic rings. The molecule has 3 heterocycles. The number of hydrogen-bond acceptors (Lipinski definition) is 4. The molecule has 0 saturated carbocycles. The molecule has 0 radical (unpaired) electrons. The number of aromatic nitrogens is 1. The van der Waals surface area contributed by atoms with E-state index in [2.05, 4.69) is 22.1 Å². The molecule has 0 spiro atoms. The Morgan fingerprint density at radius 2 is 2.40 bits per heavy atom. The van der Waals surface area contributed by atoms with Crippen LogP contribution in [0.15, 0.2) is 18.5 Å². The molecule has 0 aliphatic carbocycles. The fourth-order valence-corrected chi connectivity index (χ4v) is 2.83. The summed E-state index contributed by atoms with van der Waals surface area (Å²) in [6.07, 6.45) is 6.74. The first-order valence-corrected chi connectivity index (χ1v) is 6.86. The van der Waals surface area contributed by atoms with Gasteiger partial charge in [-0.3, -0.25) is 9.78 Å². The summed E-state index contributed by atoms with van der Waals surface area (Å²) in [4.78, 5) is 16.3. The number of ether oxygens (including phenoxy) is 1. The van der Waals surface area contributed by atoms with Crippen molar-refractivity contribution in [3.05, 3.63) is 29.6 Å². The van der Waals surface area contributed by atoms with Crippen molar-refractivity contribution in [1.29, 1.82) is 0 Å². The number of rotatable bonds is 2. The largest absolute Gasteiger partial charge is 0.373 e. The SMILES string of the molecule is NCC#Cc1cncc(C(=O)NC2CC3CCC2O3)c1. The van der Waals surface area contributed by atoms with Gasteiger partial charge < -0.3 is 15.8 Å². The highest BCUT2D eigenvalue weighted by Gasteiger charge is 2.41. The fraction of sp³-hybridized carbons (Fsp3) is 0.467. The maximum Gasteiger partial charge on any atom is 0.253 e. The number of hydrogen-bond donors (Lipinski definition) is 2. The molecule has 3 unspecified atom stereocenters. The minimum atomic E-state index is -0.116. The summed E-state index contributed by atoms with van der Waals surface area (Å²) in [6, 6.07) is 1.86. The molecule has 1 aromatic heterocycles. The predicted molar refractivity (Wildman–Crippen MR) is 73.9 cm³/mol. The zero-order valence-corrected chi connectivity index (χ0v) is 11.1. The molecule has 3 N–H and O–H groups in total. The van der Waals surface area contributed by atoms with E-state index in [1.807, 2.05) is 0 Å². The third kappa shape index (κ3) is 2.67. The first-order chi connectivity index (χ1) is 9.76. The first kappa shape index (κ1) is 13.1. The Morgan fingerprint density at radius 1 is 1.50 bits per heavy atom. The van der Waals surface area contributed by atoms with Gasteiger partial charge in [-0.05, 0) is 25.3 Å². The number of fused-ring (bicyclic) bond motifs is 2. The summed E-state index contributed by atoms with van der Waals surface area (Å²) >= 11 is 0. The lowest BCUT2D eigenvalue weighted by Gasteiger charge is -2.19. The Morgan fingerprint density at radius 3 is 3.10 bits per heavy atom. The van der Waals surface area contributed by atoms with E-state index in [4.69, 9.17) is 10.5 Å². The lowest BCUT2D eigenvalue weighted by Crippen LogP contribution is -2.41. The molecule has 2 fully saturated rings. The number of nitrogens with two attached hydrogens (primary N) is 1. The van der Waals surface area contributed by atoms with Gasteiger partial charge in [0.2, 0.25) is 0 Å². The van der Waals surface area contributed by atoms with Crippen molar-refractivity contribution in [3.63, 3.8) is 0 Å². The third-order valence-corrected chi connectivity index (χ3v) is 3.76. The Balaban J connectivity index is 1.68. The fourth-order valence-electron chi connectivity index (χ4n) is 2.83. The van der Waals surface area contributed by atoms with Crippen LogP contribution in [0.1, 0.15) is 35.2 Å². The minimum absolute atomic E-state index is 0.116. The molecular formula is C15H17N3O2. The van der Waals surface area contributed by atoms with E-state index in [0.717, 1.165) is 19.3 Å². The van der Waals surface area contributed by atoms with Crippen LogP contribution >= 0.6 is 0 Å². The molecule has 104 valence electrons. The highest BCUT2D eigenvalue weighted by molar-refractivity contribution is 5.94. The van der Waals surface area contributed by atoms with Gasteiger partial charge in [0, 0.05) is 18.0 Å². The van der Waals surface area contributed by atoms with Crippen molar-refractivity contribution < 1.29 is 9.53 Å². The van der Waals surface area contributed by atoms with Crippen LogP contribution in [0.3, 0.4) is 0 Å². The third-order valence-electron chi connectivity index (χ3n) is 3.76. The van der Waals surface area contributed by atoms with Crippen LogP contribution in [0.5, 0.6) is 0 Å². The molecule has 5 nitrogen and oxygen atoms in total. The molecule has 0 aromatic carbocycles. The van der Waals surface area contributed by atoms with Crippen LogP contribution in [0, 0.1) is 11.8 Å². The average molecular weight is 271 g/mol. The molecule has 1 amide bonds. The highest BCUT2D eigenvalue weighted by Crippen LogP contribution is 2.34. The standard InChI is InChI=1S/C15H17N3O2/c16-5-1-2-10-6-11(9-17-8-10)15(19)18-13-7-12-3-4-14(13)20-12/h6,8-9,12-14H,3-5,7,16H2,(H,18,19). The molecule has 20 heavy (non-hydrogen) atoms. The summed E-state index contributed by atoms with van der Waals surface area (Å²) in [5.41, 5.74) is 6.56. The lowest BCUT2D eigenvalue weighted by molar-refractivity contribution is 0.0840. The van der Waals surface area contributed by atoms with Gasteiger partial charge in [-0.15, -0.1) is 0 Å². The summed E-state index contributed by atoms with van der Waals surface area (Å²) in [5, 5.41) is 3.03. The maximum absolute atomic E-state index is 12.2. The number of carbonyl (C=O) groups excluding carboxylic acids is 1. The zero-order valence-electron chi connectivity index (χ0n) is 11.1. The normalized spacial score (nSPS) is 26.9. The van der Waals surface area contributed by atoms with Crippen molar-refractivity contribution in [2.75, 3.05) is 6.54 Å². The number of carbonyl (C=O) groups is 1. The lowest BCUT2D eigenvalue weighted by atomic mass is 9.95. The summed E-state index contributed by atoms with van der Waals surface area (Å²) in [7, 11) is 0.